The van der Waals surface area contributed by atoms with Crippen molar-refractivity contribution in [3.63, 3.8) is 0 Å². The van der Waals surface area contributed by atoms with Crippen molar-refractivity contribution in [1.29, 1.82) is 0 Å². The van der Waals surface area contributed by atoms with Gasteiger partial charge in [0.1, 0.15) is 5.75 Å². The Labute approximate surface area is 200 Å². The minimum absolute atomic E-state index is 0.0291. The second-order valence-corrected chi connectivity index (χ2v) is 8.99. The molecule has 0 bridgehead atoms. The van der Waals surface area contributed by atoms with E-state index in [1.165, 1.54) is 6.42 Å². The van der Waals surface area contributed by atoms with Gasteiger partial charge >= 0.3 is 0 Å². The number of nitrogens with one attached hydrogen (secondary N) is 1. The molecule has 2 aliphatic heterocycles. The third-order valence-corrected chi connectivity index (χ3v) is 6.58. The van der Waals surface area contributed by atoms with Crippen molar-refractivity contribution in [3.8, 4) is 5.75 Å². The van der Waals surface area contributed by atoms with Gasteiger partial charge in [0.2, 0.25) is 0 Å². The van der Waals surface area contributed by atoms with E-state index in [0.29, 0.717) is 34.9 Å². The van der Waals surface area contributed by atoms with Crippen LogP contribution in [0.5, 0.6) is 5.75 Å². The summed E-state index contributed by atoms with van der Waals surface area (Å²) >= 11 is 6.45. The molecule has 0 saturated carbocycles. The summed E-state index contributed by atoms with van der Waals surface area (Å²) in [5.74, 6) is 0.485. The van der Waals surface area contributed by atoms with Crippen LogP contribution >= 0.6 is 11.6 Å². The number of hydrazine groups is 1. The average molecular weight is 468 g/mol. The van der Waals surface area contributed by atoms with E-state index in [1.54, 1.807) is 31.4 Å². The standard InChI is InChI=1S/C26H30ClN3O3/c1-18-6-11-24(22(27)16-18)28-23-12-15-30(29-13-4-3-5-14-29)26(32)21(23)17-25(31)19-7-9-20(33-2)10-8-19/h6-11,16,28H,3-5,12-15,17H2,1-2H3. The summed E-state index contributed by atoms with van der Waals surface area (Å²) in [6, 6.07) is 12.8. The van der Waals surface area contributed by atoms with Crippen molar-refractivity contribution in [1.82, 2.24) is 10.0 Å². The van der Waals surface area contributed by atoms with Gasteiger partial charge in [-0.15, -0.1) is 0 Å². The highest BCUT2D eigenvalue weighted by atomic mass is 35.5. The van der Waals surface area contributed by atoms with Gasteiger partial charge in [0, 0.05) is 49.3 Å². The Bertz CT molecular complexity index is 1060. The number of amides is 1. The number of hydrogen-bond acceptors (Lipinski definition) is 5. The van der Waals surface area contributed by atoms with E-state index in [4.69, 9.17) is 16.3 Å². The van der Waals surface area contributed by atoms with E-state index in [1.807, 2.05) is 30.1 Å². The Morgan fingerprint density at radius 3 is 2.45 bits per heavy atom. The molecule has 174 valence electrons. The maximum Gasteiger partial charge on any atom is 0.266 e. The van der Waals surface area contributed by atoms with Crippen LogP contribution in [0.3, 0.4) is 0 Å². The molecule has 0 aliphatic carbocycles. The number of halogens is 1. The number of carbonyl (C=O) groups is 2. The number of methoxy groups -OCH3 is 1. The van der Waals surface area contributed by atoms with Gasteiger partial charge in [0.15, 0.2) is 5.78 Å². The highest BCUT2D eigenvalue weighted by molar-refractivity contribution is 6.33. The van der Waals surface area contributed by atoms with Gasteiger partial charge in [-0.05, 0) is 61.7 Å². The lowest BCUT2D eigenvalue weighted by molar-refractivity contribution is -0.147. The number of anilines is 1. The normalized spacial score (nSPS) is 17.3. The molecule has 0 atom stereocenters. The quantitative estimate of drug-likeness (QED) is 0.565. The van der Waals surface area contributed by atoms with Crippen LogP contribution < -0.4 is 10.1 Å². The third kappa shape index (κ3) is 5.40. The molecule has 2 aromatic rings. The summed E-state index contributed by atoms with van der Waals surface area (Å²) in [5.41, 5.74) is 3.63. The summed E-state index contributed by atoms with van der Waals surface area (Å²) < 4.78 is 5.19. The fourth-order valence-electron chi connectivity index (χ4n) is 4.39. The van der Waals surface area contributed by atoms with E-state index < -0.39 is 0 Å². The molecule has 4 rings (SSSR count). The van der Waals surface area contributed by atoms with Gasteiger partial charge < -0.3 is 10.1 Å². The fraction of sp³-hybridized carbons (Fsp3) is 0.385. The summed E-state index contributed by atoms with van der Waals surface area (Å²) in [5, 5.41) is 7.93. The SMILES string of the molecule is COc1ccc(C(=O)CC2=C(Nc3ccc(C)cc3Cl)CCN(N3CCCCC3)C2=O)cc1. The van der Waals surface area contributed by atoms with Crippen LogP contribution in [0.2, 0.25) is 5.02 Å². The zero-order chi connectivity index (χ0) is 23.4. The molecular formula is C26H30ClN3O3. The number of Topliss-reactive ketones (excluding diaryl/α,β-unsaturated/α-hetero) is 1. The Kier molecular flexibility index (Phi) is 7.36. The van der Waals surface area contributed by atoms with Crippen molar-refractivity contribution in [2.45, 2.75) is 39.0 Å². The molecule has 0 radical (unpaired) electrons. The first-order valence-electron chi connectivity index (χ1n) is 11.5. The summed E-state index contributed by atoms with van der Waals surface area (Å²) in [6.45, 7) is 4.31. The molecule has 1 fully saturated rings. The largest absolute Gasteiger partial charge is 0.497 e. The number of ether oxygens (including phenoxy) is 1. The lowest BCUT2D eigenvalue weighted by Crippen LogP contribution is -2.52. The van der Waals surface area contributed by atoms with Crippen molar-refractivity contribution >= 4 is 29.0 Å². The molecule has 7 heteroatoms. The number of nitrogens with zero attached hydrogens (tertiary/aromatic N) is 2. The Morgan fingerprint density at radius 1 is 1.06 bits per heavy atom. The minimum Gasteiger partial charge on any atom is -0.497 e. The number of piperidine rings is 1. The Morgan fingerprint density at radius 2 is 1.79 bits per heavy atom. The van der Waals surface area contributed by atoms with Crippen LogP contribution in [0, 0.1) is 6.92 Å². The number of benzene rings is 2. The molecule has 0 unspecified atom stereocenters. The highest BCUT2D eigenvalue weighted by Crippen LogP contribution is 2.30. The van der Waals surface area contributed by atoms with Crippen molar-refractivity contribution in [2.75, 3.05) is 32.1 Å². The van der Waals surface area contributed by atoms with Crippen molar-refractivity contribution in [3.05, 3.63) is 69.9 Å². The van der Waals surface area contributed by atoms with Crippen LogP contribution in [0.4, 0.5) is 5.69 Å². The van der Waals surface area contributed by atoms with Gasteiger partial charge in [0.25, 0.3) is 5.91 Å². The van der Waals surface area contributed by atoms with Crippen LogP contribution in [0.1, 0.15) is 48.0 Å². The van der Waals surface area contributed by atoms with Gasteiger partial charge in [-0.1, -0.05) is 24.1 Å². The van der Waals surface area contributed by atoms with Crippen LogP contribution in [-0.4, -0.2) is 48.5 Å². The van der Waals surface area contributed by atoms with Crippen molar-refractivity contribution in [2.24, 2.45) is 0 Å². The number of carbonyl (C=O) groups excluding carboxylic acids is 2. The number of rotatable bonds is 7. The third-order valence-electron chi connectivity index (χ3n) is 6.26. The van der Waals surface area contributed by atoms with Gasteiger partial charge in [-0.25, -0.2) is 5.01 Å². The molecule has 2 heterocycles. The fourth-order valence-corrected chi connectivity index (χ4v) is 4.67. The van der Waals surface area contributed by atoms with E-state index >= 15 is 0 Å². The monoisotopic (exact) mass is 467 g/mol. The van der Waals surface area contributed by atoms with E-state index in [9.17, 15) is 9.59 Å². The van der Waals surface area contributed by atoms with E-state index in [0.717, 1.165) is 42.9 Å². The summed E-state index contributed by atoms with van der Waals surface area (Å²) in [4.78, 5) is 26.8. The number of ketones is 1. The zero-order valence-electron chi connectivity index (χ0n) is 19.2. The Balaban J connectivity index is 1.63. The first-order valence-corrected chi connectivity index (χ1v) is 11.8. The van der Waals surface area contributed by atoms with Crippen LogP contribution in [-0.2, 0) is 4.79 Å². The van der Waals surface area contributed by atoms with Gasteiger partial charge in [-0.2, -0.15) is 0 Å². The average Bonchev–Trinajstić information content (AvgIpc) is 2.83. The Hall–Kier alpha value is -2.83. The first-order chi connectivity index (χ1) is 16.0. The molecule has 1 amide bonds. The highest BCUT2D eigenvalue weighted by Gasteiger charge is 2.33. The zero-order valence-corrected chi connectivity index (χ0v) is 20.0. The van der Waals surface area contributed by atoms with E-state index in [2.05, 4.69) is 10.3 Å². The van der Waals surface area contributed by atoms with Crippen LogP contribution in [0.25, 0.3) is 0 Å². The summed E-state index contributed by atoms with van der Waals surface area (Å²) in [6.07, 6.45) is 4.02. The second kappa shape index (κ2) is 10.4. The molecule has 33 heavy (non-hydrogen) atoms. The van der Waals surface area contributed by atoms with Gasteiger partial charge in [0.05, 0.1) is 17.8 Å². The topological polar surface area (TPSA) is 61.9 Å². The lowest BCUT2D eigenvalue weighted by atomic mass is 9.96. The number of aryl methyl sites for hydroxylation is 1. The van der Waals surface area contributed by atoms with Gasteiger partial charge in [-0.3, -0.25) is 14.6 Å². The molecular weight excluding hydrogens is 438 g/mol. The molecule has 0 aromatic heterocycles. The molecule has 0 spiro atoms. The summed E-state index contributed by atoms with van der Waals surface area (Å²) in [7, 11) is 1.59. The molecule has 2 aliphatic rings. The molecule has 6 nitrogen and oxygen atoms in total. The molecule has 1 N–H and O–H groups in total. The minimum atomic E-state index is -0.101. The predicted molar refractivity (Wildman–Crippen MR) is 131 cm³/mol. The van der Waals surface area contributed by atoms with Crippen LogP contribution in [0.15, 0.2) is 53.7 Å². The van der Waals surface area contributed by atoms with E-state index in [-0.39, 0.29) is 18.1 Å². The maximum atomic E-state index is 13.6. The molecule has 1 saturated heterocycles. The second-order valence-electron chi connectivity index (χ2n) is 8.59. The maximum absolute atomic E-state index is 13.6. The smallest absolute Gasteiger partial charge is 0.266 e. The lowest BCUT2D eigenvalue weighted by Gasteiger charge is -2.40. The van der Waals surface area contributed by atoms with Crippen molar-refractivity contribution < 1.29 is 14.3 Å². The predicted octanol–water partition coefficient (Wildman–Crippen LogP) is 5.23. The number of hydrogen-bond donors (Lipinski definition) is 1. The first kappa shape index (κ1) is 23.3. The molecule has 2 aromatic carbocycles.